The highest BCUT2D eigenvalue weighted by Crippen LogP contribution is 2.42. The molecule has 6 heteroatoms. The van der Waals surface area contributed by atoms with Gasteiger partial charge in [-0.05, 0) is 62.4 Å². The molecule has 1 atom stereocenters. The Morgan fingerprint density at radius 3 is 2.88 bits per heavy atom. The zero-order valence-electron chi connectivity index (χ0n) is 13.7. The lowest BCUT2D eigenvalue weighted by Gasteiger charge is -2.49. The van der Waals surface area contributed by atoms with Crippen LogP contribution in [0, 0.1) is 12.8 Å². The molecule has 128 valence electrons. The molecule has 1 aromatic carbocycles. The van der Waals surface area contributed by atoms with Crippen LogP contribution < -0.4 is 5.48 Å². The third-order valence-corrected chi connectivity index (χ3v) is 6.57. The third kappa shape index (κ3) is 2.64. The third-order valence-electron chi connectivity index (χ3n) is 5.55. The van der Waals surface area contributed by atoms with Crippen molar-refractivity contribution in [3.63, 3.8) is 0 Å². The summed E-state index contributed by atoms with van der Waals surface area (Å²) >= 11 is 1.83. The second-order valence-electron chi connectivity index (χ2n) is 7.13. The SMILES string of the molecule is Cc1cc2ccc(N=C3C[C@@]4(CN5CCC4CC5)ON3)cc2s1.Cl. The zero-order valence-corrected chi connectivity index (χ0v) is 15.4. The van der Waals surface area contributed by atoms with E-state index in [0.29, 0.717) is 5.92 Å². The minimum atomic E-state index is -0.0427. The number of thiophene rings is 1. The van der Waals surface area contributed by atoms with Crippen molar-refractivity contribution >= 4 is 45.4 Å². The van der Waals surface area contributed by atoms with Gasteiger partial charge in [-0.2, -0.15) is 0 Å². The summed E-state index contributed by atoms with van der Waals surface area (Å²) in [4.78, 5) is 14.8. The summed E-state index contributed by atoms with van der Waals surface area (Å²) in [6, 6.07) is 8.68. The van der Waals surface area contributed by atoms with Gasteiger partial charge in [-0.3, -0.25) is 10.3 Å². The van der Waals surface area contributed by atoms with Crippen molar-refractivity contribution < 1.29 is 4.84 Å². The van der Waals surface area contributed by atoms with Crippen LogP contribution in [0.3, 0.4) is 0 Å². The summed E-state index contributed by atoms with van der Waals surface area (Å²) in [5.74, 6) is 1.65. The van der Waals surface area contributed by atoms with Crippen LogP contribution in [0.5, 0.6) is 0 Å². The number of nitrogens with one attached hydrogen (secondary N) is 1. The number of amidine groups is 1. The maximum Gasteiger partial charge on any atom is 0.129 e. The van der Waals surface area contributed by atoms with Gasteiger partial charge in [0.25, 0.3) is 0 Å². The Balaban J connectivity index is 0.00000146. The number of nitrogens with zero attached hydrogens (tertiary/aromatic N) is 2. The Kier molecular flexibility index (Phi) is 4.07. The van der Waals surface area contributed by atoms with E-state index in [-0.39, 0.29) is 18.0 Å². The van der Waals surface area contributed by atoms with Gasteiger partial charge in [0.2, 0.25) is 0 Å². The highest BCUT2D eigenvalue weighted by Gasteiger charge is 2.52. The number of aliphatic imine (C=N–C) groups is 1. The van der Waals surface area contributed by atoms with E-state index < -0.39 is 0 Å². The molecule has 2 aromatic rings. The molecule has 4 saturated heterocycles. The molecule has 24 heavy (non-hydrogen) atoms. The Morgan fingerprint density at radius 1 is 1.29 bits per heavy atom. The van der Waals surface area contributed by atoms with Gasteiger partial charge >= 0.3 is 0 Å². The summed E-state index contributed by atoms with van der Waals surface area (Å²) in [7, 11) is 0. The summed E-state index contributed by atoms with van der Waals surface area (Å²) in [5, 5.41) is 1.31. The Labute approximate surface area is 152 Å². The molecule has 6 rings (SSSR count). The van der Waals surface area contributed by atoms with Gasteiger partial charge < -0.3 is 4.90 Å². The molecular formula is C18H22ClN3OS. The van der Waals surface area contributed by atoms with E-state index in [1.54, 1.807) is 0 Å². The second kappa shape index (κ2) is 5.99. The highest BCUT2D eigenvalue weighted by atomic mass is 35.5. The normalized spacial score (nSPS) is 33.1. The number of halogens is 1. The van der Waals surface area contributed by atoms with E-state index in [9.17, 15) is 0 Å². The van der Waals surface area contributed by atoms with Crippen LogP contribution in [0.1, 0.15) is 24.1 Å². The van der Waals surface area contributed by atoms with Crippen LogP contribution in [0.2, 0.25) is 0 Å². The molecule has 2 bridgehead atoms. The number of fused-ring (bicyclic) bond motifs is 3. The molecule has 4 fully saturated rings. The van der Waals surface area contributed by atoms with Gasteiger partial charge in [0.1, 0.15) is 11.4 Å². The minimum Gasteiger partial charge on any atom is -0.300 e. The van der Waals surface area contributed by atoms with Gasteiger partial charge in [-0.1, -0.05) is 6.07 Å². The molecule has 4 nitrogen and oxygen atoms in total. The Morgan fingerprint density at radius 2 is 2.12 bits per heavy atom. The van der Waals surface area contributed by atoms with Crippen molar-refractivity contribution in [3.05, 3.63) is 29.1 Å². The molecule has 1 spiro atoms. The predicted octanol–water partition coefficient (Wildman–Crippen LogP) is 4.05. The van der Waals surface area contributed by atoms with Crippen LogP contribution in [-0.4, -0.2) is 36.0 Å². The number of rotatable bonds is 1. The molecule has 0 amide bonds. The zero-order chi connectivity index (χ0) is 15.4. The summed E-state index contributed by atoms with van der Waals surface area (Å²) in [6.45, 7) is 5.67. The highest BCUT2D eigenvalue weighted by molar-refractivity contribution is 7.19. The van der Waals surface area contributed by atoms with Crippen LogP contribution >= 0.6 is 23.7 Å². The fourth-order valence-corrected chi connectivity index (χ4v) is 5.35. The van der Waals surface area contributed by atoms with Gasteiger partial charge in [0, 0.05) is 22.5 Å². The van der Waals surface area contributed by atoms with Crippen molar-refractivity contribution in [2.75, 3.05) is 19.6 Å². The first kappa shape index (κ1) is 16.3. The largest absolute Gasteiger partial charge is 0.300 e. The molecule has 0 radical (unpaired) electrons. The standard InChI is InChI=1S/C18H21N3OS.ClH/c1-12-8-13-2-3-15(9-16(13)23-12)19-17-10-18(22-20-17)11-21-6-4-14(18)5-7-21;/h2-3,8-9,14H,4-7,10-11H2,1H3,(H,19,20);1H/t18-;/m0./s1. The van der Waals surface area contributed by atoms with E-state index in [1.165, 1.54) is 40.9 Å². The van der Waals surface area contributed by atoms with Gasteiger partial charge in [0.05, 0.1) is 5.69 Å². The lowest BCUT2D eigenvalue weighted by atomic mass is 9.74. The molecular weight excluding hydrogens is 342 g/mol. The monoisotopic (exact) mass is 363 g/mol. The van der Waals surface area contributed by atoms with Gasteiger partial charge in [-0.15, -0.1) is 23.7 Å². The van der Waals surface area contributed by atoms with E-state index in [0.717, 1.165) is 24.5 Å². The second-order valence-corrected chi connectivity index (χ2v) is 8.42. The summed E-state index contributed by atoms with van der Waals surface area (Å²) in [6.07, 6.45) is 3.43. The van der Waals surface area contributed by atoms with Crippen LogP contribution in [-0.2, 0) is 4.84 Å². The molecule has 4 aliphatic heterocycles. The summed E-state index contributed by atoms with van der Waals surface area (Å²) in [5.41, 5.74) is 4.11. The quantitative estimate of drug-likeness (QED) is 0.830. The number of aryl methyl sites for hydroxylation is 1. The smallest absolute Gasteiger partial charge is 0.129 e. The molecule has 1 aromatic heterocycles. The Hall–Kier alpha value is -1.14. The first-order valence-electron chi connectivity index (χ1n) is 8.44. The average molecular weight is 364 g/mol. The Bertz CT molecular complexity index is 797. The minimum absolute atomic E-state index is 0. The van der Waals surface area contributed by atoms with Crippen molar-refractivity contribution in [1.82, 2.24) is 10.4 Å². The number of hydrogen-bond donors (Lipinski definition) is 1. The maximum atomic E-state index is 6.07. The number of hydrogen-bond acceptors (Lipinski definition) is 4. The first-order valence-corrected chi connectivity index (χ1v) is 9.26. The molecule has 4 aliphatic rings. The fraction of sp³-hybridized carbons (Fsp3) is 0.500. The number of benzene rings is 1. The number of hydroxylamine groups is 1. The van der Waals surface area contributed by atoms with Crippen molar-refractivity contribution in [2.24, 2.45) is 10.9 Å². The van der Waals surface area contributed by atoms with E-state index in [2.05, 4.69) is 41.6 Å². The topological polar surface area (TPSA) is 36.9 Å². The van der Waals surface area contributed by atoms with Crippen molar-refractivity contribution in [3.8, 4) is 0 Å². The maximum absolute atomic E-state index is 6.07. The van der Waals surface area contributed by atoms with Crippen LogP contribution in [0.25, 0.3) is 10.1 Å². The average Bonchev–Trinajstić information content (AvgIpc) is 3.11. The molecule has 1 N–H and O–H groups in total. The van der Waals surface area contributed by atoms with E-state index >= 15 is 0 Å². The molecule has 0 aliphatic carbocycles. The van der Waals surface area contributed by atoms with Gasteiger partial charge in [0.15, 0.2) is 0 Å². The first-order chi connectivity index (χ1) is 11.2. The van der Waals surface area contributed by atoms with Crippen molar-refractivity contribution in [2.45, 2.75) is 31.8 Å². The van der Waals surface area contributed by atoms with E-state index in [1.807, 2.05) is 11.3 Å². The van der Waals surface area contributed by atoms with Crippen LogP contribution in [0.15, 0.2) is 29.3 Å². The van der Waals surface area contributed by atoms with E-state index in [4.69, 9.17) is 9.83 Å². The lowest BCUT2D eigenvalue weighted by molar-refractivity contribution is -0.150. The predicted molar refractivity (Wildman–Crippen MR) is 102 cm³/mol. The lowest BCUT2D eigenvalue weighted by Crippen LogP contribution is -2.59. The van der Waals surface area contributed by atoms with Crippen molar-refractivity contribution in [1.29, 1.82) is 0 Å². The molecule has 0 unspecified atom stereocenters. The van der Waals surface area contributed by atoms with Gasteiger partial charge in [-0.25, -0.2) is 4.99 Å². The number of piperidine rings is 3. The van der Waals surface area contributed by atoms with Crippen LogP contribution in [0.4, 0.5) is 5.69 Å². The fourth-order valence-electron chi connectivity index (χ4n) is 4.40. The summed E-state index contributed by atoms with van der Waals surface area (Å²) < 4.78 is 1.31. The molecule has 0 saturated carbocycles. The molecule has 5 heterocycles.